The first-order chi connectivity index (χ1) is 17.9. The number of nitrogens with zero attached hydrogens (tertiary/aromatic N) is 1. The Kier molecular flexibility index (Phi) is 7.95. The standard InChI is InChI=1S/C26H22ClF5N3O2P/c1-38(2)21-6-4-3-5-15(21)16-8-10-20(22(23(16)29)26(30,31)32)35-12-11-19(24(35)36)34-25(37)33-18-9-7-14(27)13-17(18)28/h3-10,13,19H,11-12H2,1-2H3,(H2,33,34,37). The molecule has 0 bridgehead atoms. The normalized spacial score (nSPS) is 15.8. The molecule has 1 fully saturated rings. The summed E-state index contributed by atoms with van der Waals surface area (Å²) in [7, 11) is -0.739. The minimum Gasteiger partial charge on any atom is -0.326 e. The number of hydrogen-bond acceptors (Lipinski definition) is 2. The van der Waals surface area contributed by atoms with E-state index in [0.29, 0.717) is 5.56 Å². The summed E-state index contributed by atoms with van der Waals surface area (Å²) in [6.07, 6.45) is -5.13. The van der Waals surface area contributed by atoms with Crippen molar-refractivity contribution in [1.29, 1.82) is 0 Å². The maximum Gasteiger partial charge on any atom is 0.421 e. The Hall–Kier alpha value is -3.23. The van der Waals surface area contributed by atoms with Crippen LogP contribution in [0.15, 0.2) is 54.6 Å². The molecule has 3 aromatic rings. The van der Waals surface area contributed by atoms with Gasteiger partial charge < -0.3 is 15.5 Å². The number of benzene rings is 3. The van der Waals surface area contributed by atoms with Crippen molar-refractivity contribution in [2.24, 2.45) is 0 Å². The van der Waals surface area contributed by atoms with E-state index in [2.05, 4.69) is 10.6 Å². The third-order valence-electron chi connectivity index (χ3n) is 6.06. The first-order valence-corrected chi connectivity index (χ1v) is 14.0. The van der Waals surface area contributed by atoms with Crippen LogP contribution in [0, 0.1) is 11.6 Å². The number of anilines is 2. The van der Waals surface area contributed by atoms with Crippen LogP contribution < -0.4 is 20.8 Å². The van der Waals surface area contributed by atoms with Crippen molar-refractivity contribution in [1.82, 2.24) is 5.32 Å². The van der Waals surface area contributed by atoms with Crippen molar-refractivity contribution in [3.8, 4) is 11.1 Å². The molecular formula is C26H22ClF5N3O2P. The molecule has 2 N–H and O–H groups in total. The largest absolute Gasteiger partial charge is 0.421 e. The van der Waals surface area contributed by atoms with Crippen LogP contribution >= 0.6 is 19.5 Å². The second-order valence-electron chi connectivity index (χ2n) is 8.78. The van der Waals surface area contributed by atoms with Gasteiger partial charge in [0.05, 0.1) is 11.4 Å². The van der Waals surface area contributed by atoms with E-state index in [9.17, 15) is 27.2 Å². The Morgan fingerprint density at radius 2 is 1.76 bits per heavy atom. The number of hydrogen-bond donors (Lipinski definition) is 2. The zero-order valence-corrected chi connectivity index (χ0v) is 21.8. The van der Waals surface area contributed by atoms with Crippen molar-refractivity contribution >= 4 is 48.1 Å². The van der Waals surface area contributed by atoms with Crippen LogP contribution in [0.25, 0.3) is 11.1 Å². The topological polar surface area (TPSA) is 61.4 Å². The molecule has 3 aromatic carbocycles. The maximum atomic E-state index is 15.6. The number of urea groups is 1. The zero-order valence-electron chi connectivity index (χ0n) is 20.2. The molecule has 1 aliphatic heterocycles. The van der Waals surface area contributed by atoms with E-state index in [1.165, 1.54) is 18.2 Å². The number of amides is 3. The molecule has 1 heterocycles. The quantitative estimate of drug-likeness (QED) is 0.269. The number of rotatable bonds is 5. The molecular weight excluding hydrogens is 548 g/mol. The van der Waals surface area contributed by atoms with Gasteiger partial charge in [-0.25, -0.2) is 13.6 Å². The van der Waals surface area contributed by atoms with E-state index in [-0.39, 0.29) is 29.2 Å². The van der Waals surface area contributed by atoms with Crippen LogP contribution in [-0.2, 0) is 11.0 Å². The van der Waals surface area contributed by atoms with Gasteiger partial charge in [0, 0.05) is 17.1 Å². The lowest BCUT2D eigenvalue weighted by molar-refractivity contribution is -0.139. The van der Waals surface area contributed by atoms with E-state index in [0.717, 1.165) is 22.3 Å². The maximum absolute atomic E-state index is 15.6. The molecule has 1 aliphatic rings. The minimum absolute atomic E-state index is 0.0329. The van der Waals surface area contributed by atoms with Gasteiger partial charge in [0.2, 0.25) is 5.91 Å². The van der Waals surface area contributed by atoms with E-state index >= 15 is 4.39 Å². The number of carbonyl (C=O) groups is 2. The second kappa shape index (κ2) is 10.9. The lowest BCUT2D eigenvalue weighted by atomic mass is 9.99. The fourth-order valence-corrected chi connectivity index (χ4v) is 5.54. The van der Waals surface area contributed by atoms with Gasteiger partial charge in [0.25, 0.3) is 0 Å². The molecule has 38 heavy (non-hydrogen) atoms. The summed E-state index contributed by atoms with van der Waals surface area (Å²) in [6.45, 7) is 3.64. The highest BCUT2D eigenvalue weighted by Crippen LogP contribution is 2.43. The van der Waals surface area contributed by atoms with Gasteiger partial charge >= 0.3 is 12.2 Å². The molecule has 0 spiro atoms. The van der Waals surface area contributed by atoms with Gasteiger partial charge in [0.15, 0.2) is 0 Å². The van der Waals surface area contributed by atoms with Crippen LogP contribution in [0.1, 0.15) is 12.0 Å². The highest BCUT2D eigenvalue weighted by Gasteiger charge is 2.43. The molecule has 3 amide bonds. The molecule has 4 rings (SSSR count). The van der Waals surface area contributed by atoms with Crippen molar-refractivity contribution in [2.45, 2.75) is 18.6 Å². The molecule has 1 unspecified atom stereocenters. The number of carbonyl (C=O) groups excluding carboxylic acids is 2. The van der Waals surface area contributed by atoms with Crippen molar-refractivity contribution in [3.63, 3.8) is 0 Å². The lowest BCUT2D eigenvalue weighted by Gasteiger charge is -2.24. The minimum atomic E-state index is -5.09. The Morgan fingerprint density at radius 3 is 2.42 bits per heavy atom. The number of alkyl halides is 3. The van der Waals surface area contributed by atoms with Gasteiger partial charge in [-0.1, -0.05) is 43.8 Å². The summed E-state index contributed by atoms with van der Waals surface area (Å²) in [5, 5.41) is 5.42. The Bertz CT molecular complexity index is 1400. The molecule has 0 saturated carbocycles. The van der Waals surface area contributed by atoms with Gasteiger partial charge in [0.1, 0.15) is 23.2 Å². The van der Waals surface area contributed by atoms with Crippen LogP contribution in [0.2, 0.25) is 5.02 Å². The van der Waals surface area contributed by atoms with Crippen LogP contribution in [0.3, 0.4) is 0 Å². The highest BCUT2D eigenvalue weighted by atomic mass is 35.5. The van der Waals surface area contributed by atoms with Gasteiger partial charge in [-0.3, -0.25) is 4.79 Å². The van der Waals surface area contributed by atoms with Gasteiger partial charge in [-0.2, -0.15) is 13.2 Å². The number of halogens is 6. The average molecular weight is 570 g/mol. The lowest BCUT2D eigenvalue weighted by Crippen LogP contribution is -2.43. The first kappa shape index (κ1) is 27.8. The summed E-state index contributed by atoms with van der Waals surface area (Å²) in [4.78, 5) is 26.1. The van der Waals surface area contributed by atoms with E-state index in [1.54, 1.807) is 24.3 Å². The van der Waals surface area contributed by atoms with Crippen molar-refractivity contribution < 1.29 is 31.5 Å². The van der Waals surface area contributed by atoms with E-state index in [1.807, 2.05) is 13.3 Å². The molecule has 0 aromatic heterocycles. The first-order valence-electron chi connectivity index (χ1n) is 11.4. The van der Waals surface area contributed by atoms with Crippen LogP contribution in [-0.4, -0.2) is 37.9 Å². The Morgan fingerprint density at radius 1 is 1.05 bits per heavy atom. The molecule has 200 valence electrons. The molecule has 0 aliphatic carbocycles. The van der Waals surface area contributed by atoms with Gasteiger partial charge in [-0.05, 0) is 61.0 Å². The summed E-state index contributed by atoms with van der Waals surface area (Å²) >= 11 is 5.68. The van der Waals surface area contributed by atoms with Crippen LogP contribution in [0.4, 0.5) is 38.1 Å². The summed E-state index contributed by atoms with van der Waals surface area (Å²) in [6, 6.07) is 10.4. The monoisotopic (exact) mass is 569 g/mol. The zero-order chi connectivity index (χ0) is 27.8. The second-order valence-corrected chi connectivity index (χ2v) is 11.5. The fourth-order valence-electron chi connectivity index (χ4n) is 4.32. The fraction of sp³-hybridized carbons (Fsp3) is 0.231. The Labute approximate surface area is 221 Å². The summed E-state index contributed by atoms with van der Waals surface area (Å²) in [5.41, 5.74) is -2.24. The third kappa shape index (κ3) is 5.61. The summed E-state index contributed by atoms with van der Waals surface area (Å²) in [5.74, 6) is -3.13. The van der Waals surface area contributed by atoms with E-state index < -0.39 is 55.0 Å². The molecule has 1 saturated heterocycles. The molecule has 5 nitrogen and oxygen atoms in total. The average Bonchev–Trinajstić information content (AvgIpc) is 3.19. The predicted octanol–water partition coefficient (Wildman–Crippen LogP) is 6.60. The molecule has 1 atom stereocenters. The third-order valence-corrected chi connectivity index (χ3v) is 7.65. The summed E-state index contributed by atoms with van der Waals surface area (Å²) < 4.78 is 72.0. The smallest absolute Gasteiger partial charge is 0.326 e. The van der Waals surface area contributed by atoms with Crippen LogP contribution in [0.5, 0.6) is 0 Å². The van der Waals surface area contributed by atoms with Gasteiger partial charge in [-0.15, -0.1) is 0 Å². The SMILES string of the molecule is CP(C)c1ccccc1-c1ccc(N2CCC(NC(=O)Nc3ccc(Cl)cc3F)C2=O)c(C(F)(F)F)c1F. The molecule has 0 radical (unpaired) electrons. The molecule has 12 heteroatoms. The number of nitrogens with one attached hydrogen (secondary N) is 2. The van der Waals surface area contributed by atoms with Crippen molar-refractivity contribution in [3.05, 3.63) is 76.8 Å². The van der Waals surface area contributed by atoms with E-state index in [4.69, 9.17) is 11.6 Å². The predicted molar refractivity (Wildman–Crippen MR) is 140 cm³/mol. The Balaban J connectivity index is 1.62. The highest BCUT2D eigenvalue weighted by molar-refractivity contribution is 7.64. The van der Waals surface area contributed by atoms with Crippen molar-refractivity contribution in [2.75, 3.05) is 30.1 Å².